The monoisotopic (exact) mass is 280 g/mol. The van der Waals surface area contributed by atoms with Crippen molar-refractivity contribution in [3.8, 4) is 11.1 Å². The molecule has 0 bridgehead atoms. The van der Waals surface area contributed by atoms with Crippen molar-refractivity contribution in [2.24, 2.45) is 0 Å². The molecule has 1 amide bonds. The summed E-state index contributed by atoms with van der Waals surface area (Å²) in [6.07, 6.45) is -1.30. The zero-order valence-corrected chi connectivity index (χ0v) is 10.3. The van der Waals surface area contributed by atoms with E-state index in [4.69, 9.17) is 0 Å². The van der Waals surface area contributed by atoms with E-state index in [1.165, 1.54) is 6.07 Å². The fourth-order valence-electron chi connectivity index (χ4n) is 1.73. The molecular formula is C14H11F3N2O. The number of alkyl halides is 3. The van der Waals surface area contributed by atoms with Crippen LogP contribution in [0.25, 0.3) is 11.1 Å². The van der Waals surface area contributed by atoms with Gasteiger partial charge in [0.2, 0.25) is 0 Å². The van der Waals surface area contributed by atoms with E-state index in [1.54, 1.807) is 42.7 Å². The minimum absolute atomic E-state index is 0.185. The third kappa shape index (κ3) is 3.57. The van der Waals surface area contributed by atoms with Gasteiger partial charge in [0.1, 0.15) is 6.54 Å². The lowest BCUT2D eigenvalue weighted by atomic mass is 10.0. The zero-order chi connectivity index (χ0) is 14.6. The molecule has 0 unspecified atom stereocenters. The van der Waals surface area contributed by atoms with Gasteiger partial charge in [0.25, 0.3) is 5.91 Å². The fraction of sp³-hybridized carbons (Fsp3) is 0.143. The van der Waals surface area contributed by atoms with Crippen LogP contribution in [0.5, 0.6) is 0 Å². The Hall–Kier alpha value is -2.37. The first-order valence-corrected chi connectivity index (χ1v) is 5.82. The summed E-state index contributed by atoms with van der Waals surface area (Å²) in [7, 11) is 0. The van der Waals surface area contributed by atoms with Crippen LogP contribution in [-0.4, -0.2) is 23.6 Å². The second-order valence-electron chi connectivity index (χ2n) is 4.09. The zero-order valence-electron chi connectivity index (χ0n) is 10.3. The van der Waals surface area contributed by atoms with E-state index in [0.29, 0.717) is 11.1 Å². The van der Waals surface area contributed by atoms with Crippen molar-refractivity contribution >= 4 is 5.91 Å². The standard InChI is InChI=1S/C14H11F3N2O/c15-14(16,17)9-19-13(20)12-6-2-1-5-11(12)10-4-3-7-18-8-10/h1-8H,9H2,(H,19,20). The Morgan fingerprint density at radius 1 is 1.15 bits per heavy atom. The van der Waals surface area contributed by atoms with E-state index >= 15 is 0 Å². The van der Waals surface area contributed by atoms with E-state index < -0.39 is 18.6 Å². The van der Waals surface area contributed by atoms with Gasteiger partial charge in [0, 0.05) is 23.5 Å². The molecule has 0 radical (unpaired) electrons. The number of nitrogens with zero attached hydrogens (tertiary/aromatic N) is 1. The summed E-state index contributed by atoms with van der Waals surface area (Å²) < 4.78 is 36.4. The van der Waals surface area contributed by atoms with Gasteiger partial charge in [-0.2, -0.15) is 13.2 Å². The number of hydrogen-bond donors (Lipinski definition) is 1. The number of rotatable bonds is 3. The molecule has 0 spiro atoms. The van der Waals surface area contributed by atoms with E-state index in [1.807, 2.05) is 5.32 Å². The predicted octanol–water partition coefficient (Wildman–Crippen LogP) is 3.04. The quantitative estimate of drug-likeness (QED) is 0.939. The van der Waals surface area contributed by atoms with Crippen molar-refractivity contribution in [3.05, 3.63) is 54.4 Å². The van der Waals surface area contributed by atoms with Crippen LogP contribution < -0.4 is 5.32 Å². The molecule has 0 saturated carbocycles. The maximum Gasteiger partial charge on any atom is 0.405 e. The molecule has 0 aliphatic heterocycles. The van der Waals surface area contributed by atoms with Gasteiger partial charge in [0.05, 0.1) is 0 Å². The van der Waals surface area contributed by atoms with Gasteiger partial charge in [-0.05, 0) is 17.7 Å². The van der Waals surface area contributed by atoms with Crippen LogP contribution >= 0.6 is 0 Å². The first-order chi connectivity index (χ1) is 9.47. The van der Waals surface area contributed by atoms with Gasteiger partial charge in [-0.25, -0.2) is 0 Å². The number of carbonyl (C=O) groups excluding carboxylic acids is 1. The van der Waals surface area contributed by atoms with Gasteiger partial charge in [-0.15, -0.1) is 0 Å². The molecule has 3 nitrogen and oxygen atoms in total. The minimum atomic E-state index is -4.43. The number of amides is 1. The molecule has 0 aliphatic carbocycles. The summed E-state index contributed by atoms with van der Waals surface area (Å²) in [4.78, 5) is 15.8. The topological polar surface area (TPSA) is 42.0 Å². The molecule has 20 heavy (non-hydrogen) atoms. The van der Waals surface area contributed by atoms with Crippen LogP contribution in [0.2, 0.25) is 0 Å². The van der Waals surface area contributed by atoms with Crippen LogP contribution in [0, 0.1) is 0 Å². The van der Waals surface area contributed by atoms with Gasteiger partial charge < -0.3 is 5.32 Å². The number of hydrogen-bond acceptors (Lipinski definition) is 2. The van der Waals surface area contributed by atoms with Gasteiger partial charge in [-0.3, -0.25) is 9.78 Å². The molecule has 2 aromatic rings. The minimum Gasteiger partial charge on any atom is -0.343 e. The third-order valence-electron chi connectivity index (χ3n) is 2.59. The highest BCUT2D eigenvalue weighted by Gasteiger charge is 2.28. The van der Waals surface area contributed by atoms with Crippen LogP contribution in [-0.2, 0) is 0 Å². The molecule has 1 aromatic heterocycles. The van der Waals surface area contributed by atoms with Crippen molar-refractivity contribution in [2.45, 2.75) is 6.18 Å². The molecule has 104 valence electrons. The Kier molecular flexibility index (Phi) is 4.02. The Balaban J connectivity index is 2.27. The molecule has 1 aromatic carbocycles. The number of pyridine rings is 1. The summed E-state index contributed by atoms with van der Waals surface area (Å²) in [5.41, 5.74) is 1.40. The molecule has 1 heterocycles. The highest BCUT2D eigenvalue weighted by atomic mass is 19.4. The Morgan fingerprint density at radius 2 is 1.90 bits per heavy atom. The fourth-order valence-corrected chi connectivity index (χ4v) is 1.73. The summed E-state index contributed by atoms with van der Waals surface area (Å²) in [5.74, 6) is -0.762. The highest BCUT2D eigenvalue weighted by Crippen LogP contribution is 2.23. The molecule has 2 rings (SSSR count). The predicted molar refractivity (Wildman–Crippen MR) is 68.1 cm³/mol. The smallest absolute Gasteiger partial charge is 0.343 e. The molecule has 0 atom stereocenters. The van der Waals surface area contributed by atoms with Gasteiger partial charge in [-0.1, -0.05) is 24.3 Å². The summed E-state index contributed by atoms with van der Waals surface area (Å²) in [6, 6.07) is 9.89. The van der Waals surface area contributed by atoms with E-state index in [2.05, 4.69) is 4.98 Å². The molecule has 0 fully saturated rings. The third-order valence-corrected chi connectivity index (χ3v) is 2.59. The average molecular weight is 280 g/mol. The van der Waals surface area contributed by atoms with Crippen molar-refractivity contribution in [2.75, 3.05) is 6.54 Å². The largest absolute Gasteiger partial charge is 0.405 e. The molecule has 0 aliphatic rings. The average Bonchev–Trinajstić information content (AvgIpc) is 2.45. The summed E-state index contributed by atoms with van der Waals surface area (Å²) in [5, 5.41) is 1.86. The second kappa shape index (κ2) is 5.73. The molecule has 6 heteroatoms. The molecule has 1 N–H and O–H groups in total. The lowest BCUT2D eigenvalue weighted by Gasteiger charge is -2.11. The van der Waals surface area contributed by atoms with Crippen LogP contribution in [0.1, 0.15) is 10.4 Å². The lowest BCUT2D eigenvalue weighted by molar-refractivity contribution is -0.123. The molecule has 0 saturated heterocycles. The van der Waals surface area contributed by atoms with E-state index in [0.717, 1.165) is 0 Å². The van der Waals surface area contributed by atoms with Crippen molar-refractivity contribution < 1.29 is 18.0 Å². The first-order valence-electron chi connectivity index (χ1n) is 5.82. The normalized spacial score (nSPS) is 11.2. The van der Waals surface area contributed by atoms with Crippen molar-refractivity contribution in [1.29, 1.82) is 0 Å². The summed E-state index contributed by atoms with van der Waals surface area (Å²) >= 11 is 0. The number of benzene rings is 1. The van der Waals surface area contributed by atoms with Gasteiger partial charge >= 0.3 is 6.18 Å². The van der Waals surface area contributed by atoms with Crippen LogP contribution in [0.4, 0.5) is 13.2 Å². The maximum atomic E-state index is 12.1. The van der Waals surface area contributed by atoms with E-state index in [9.17, 15) is 18.0 Å². The Labute approximate surface area is 113 Å². The van der Waals surface area contributed by atoms with Crippen LogP contribution in [0.3, 0.4) is 0 Å². The number of aromatic nitrogens is 1. The number of carbonyl (C=O) groups is 1. The SMILES string of the molecule is O=C(NCC(F)(F)F)c1ccccc1-c1cccnc1. The number of nitrogens with one attached hydrogen (secondary N) is 1. The Bertz CT molecular complexity index is 597. The Morgan fingerprint density at radius 3 is 2.55 bits per heavy atom. The number of halogens is 3. The van der Waals surface area contributed by atoms with E-state index in [-0.39, 0.29) is 5.56 Å². The van der Waals surface area contributed by atoms with Gasteiger partial charge in [0.15, 0.2) is 0 Å². The second-order valence-corrected chi connectivity index (χ2v) is 4.09. The maximum absolute atomic E-state index is 12.1. The highest BCUT2D eigenvalue weighted by molar-refractivity contribution is 6.00. The lowest BCUT2D eigenvalue weighted by Crippen LogP contribution is -2.33. The first kappa shape index (κ1) is 14.0. The van der Waals surface area contributed by atoms with Crippen molar-refractivity contribution in [3.63, 3.8) is 0 Å². The van der Waals surface area contributed by atoms with Crippen LogP contribution in [0.15, 0.2) is 48.8 Å². The summed E-state index contributed by atoms with van der Waals surface area (Å²) in [6.45, 7) is -1.35. The van der Waals surface area contributed by atoms with Crippen molar-refractivity contribution in [1.82, 2.24) is 10.3 Å². The molecular weight excluding hydrogens is 269 g/mol.